The Balaban J connectivity index is 1.74. The van der Waals surface area contributed by atoms with Gasteiger partial charge < -0.3 is 10.1 Å². The second-order valence-corrected chi connectivity index (χ2v) is 6.30. The van der Waals surface area contributed by atoms with Crippen molar-refractivity contribution in [1.82, 2.24) is 0 Å². The molecule has 0 fully saturated rings. The fourth-order valence-corrected chi connectivity index (χ4v) is 3.27. The zero-order valence-electron chi connectivity index (χ0n) is 15.0. The van der Waals surface area contributed by atoms with Gasteiger partial charge in [0.05, 0.1) is 13.2 Å². The monoisotopic (exact) mass is 356 g/mol. The molecule has 0 aromatic heterocycles. The molecular weight excluding hydrogens is 336 g/mol. The van der Waals surface area contributed by atoms with Gasteiger partial charge in [0.15, 0.2) is 0 Å². The number of hydrogen-bond acceptors (Lipinski definition) is 3. The summed E-state index contributed by atoms with van der Waals surface area (Å²) in [5.74, 6) is 0.712. The van der Waals surface area contributed by atoms with Gasteiger partial charge in [0.1, 0.15) is 11.4 Å². The molecule has 4 heteroatoms. The molecule has 0 bridgehead atoms. The number of nitrogens with zero attached hydrogens (tertiary/aromatic N) is 1. The maximum absolute atomic E-state index is 13.2. The van der Waals surface area contributed by atoms with Crippen LogP contribution in [0, 0.1) is 0 Å². The van der Waals surface area contributed by atoms with Crippen LogP contribution in [-0.4, -0.2) is 13.0 Å². The van der Waals surface area contributed by atoms with Gasteiger partial charge in [-0.1, -0.05) is 48.5 Å². The average Bonchev–Trinajstić information content (AvgIpc) is 3.05. The predicted octanol–water partition coefficient (Wildman–Crippen LogP) is 4.78. The lowest BCUT2D eigenvalue weighted by Crippen LogP contribution is -2.30. The number of ether oxygens (including phenoxy) is 1. The molecule has 1 aliphatic heterocycles. The van der Waals surface area contributed by atoms with Crippen molar-refractivity contribution < 1.29 is 9.53 Å². The first-order valence-corrected chi connectivity index (χ1v) is 8.83. The molecule has 1 aliphatic rings. The van der Waals surface area contributed by atoms with E-state index in [1.54, 1.807) is 12.0 Å². The van der Waals surface area contributed by atoms with Crippen LogP contribution in [0.15, 0.2) is 96.7 Å². The summed E-state index contributed by atoms with van der Waals surface area (Å²) in [6.45, 7) is 0. The van der Waals surface area contributed by atoms with Crippen molar-refractivity contribution >= 4 is 17.3 Å². The minimum absolute atomic E-state index is 0.0575. The first-order chi connectivity index (χ1) is 13.3. The van der Waals surface area contributed by atoms with Gasteiger partial charge in [-0.25, -0.2) is 0 Å². The van der Waals surface area contributed by atoms with Gasteiger partial charge >= 0.3 is 0 Å². The van der Waals surface area contributed by atoms with Crippen molar-refractivity contribution in [3.05, 3.63) is 102 Å². The number of amides is 1. The van der Waals surface area contributed by atoms with Gasteiger partial charge in [0.2, 0.25) is 0 Å². The standard InChI is InChI=1S/C23H20N2O2/c1-27-20-14-8-9-17(15-20)22-16-21(24-18-10-4-2-5-11-18)23(26)25(22)19-12-6-3-7-13-19/h2-16,22,24H,1H3/t22-/m0/s1. The summed E-state index contributed by atoms with van der Waals surface area (Å²) in [5.41, 5.74) is 3.31. The molecule has 4 nitrogen and oxygen atoms in total. The SMILES string of the molecule is COc1cccc([C@@H]2C=C(Nc3ccccc3)C(=O)N2c2ccccc2)c1. The first-order valence-electron chi connectivity index (χ1n) is 8.83. The lowest BCUT2D eigenvalue weighted by atomic mass is 10.1. The Bertz CT molecular complexity index is 968. The van der Waals surface area contributed by atoms with E-state index in [0.717, 1.165) is 22.7 Å². The molecule has 4 rings (SSSR count). The summed E-state index contributed by atoms with van der Waals surface area (Å²) in [6.07, 6.45) is 1.97. The van der Waals surface area contributed by atoms with E-state index in [1.165, 1.54) is 0 Å². The van der Waals surface area contributed by atoms with Gasteiger partial charge in [0.25, 0.3) is 5.91 Å². The van der Waals surface area contributed by atoms with Crippen LogP contribution in [0.1, 0.15) is 11.6 Å². The van der Waals surface area contributed by atoms with Crippen LogP contribution in [-0.2, 0) is 4.79 Å². The zero-order chi connectivity index (χ0) is 18.6. The lowest BCUT2D eigenvalue weighted by Gasteiger charge is -2.25. The third-order valence-electron chi connectivity index (χ3n) is 4.57. The third kappa shape index (κ3) is 3.42. The molecule has 1 N–H and O–H groups in total. The summed E-state index contributed by atoms with van der Waals surface area (Å²) in [6, 6.07) is 27.1. The Kier molecular flexibility index (Phi) is 4.62. The number of benzene rings is 3. The highest BCUT2D eigenvalue weighted by molar-refractivity contribution is 6.11. The summed E-state index contributed by atoms with van der Waals surface area (Å²) in [5, 5.41) is 3.26. The lowest BCUT2D eigenvalue weighted by molar-refractivity contribution is -0.114. The van der Waals surface area contributed by atoms with Gasteiger partial charge in [0, 0.05) is 11.4 Å². The van der Waals surface area contributed by atoms with Crippen molar-refractivity contribution in [3.63, 3.8) is 0 Å². The Morgan fingerprint density at radius 1 is 0.889 bits per heavy atom. The summed E-state index contributed by atoms with van der Waals surface area (Å²) in [7, 11) is 1.64. The number of anilines is 2. The predicted molar refractivity (Wildman–Crippen MR) is 108 cm³/mol. The van der Waals surface area contributed by atoms with E-state index in [1.807, 2.05) is 91.0 Å². The largest absolute Gasteiger partial charge is 0.497 e. The highest BCUT2D eigenvalue weighted by atomic mass is 16.5. The maximum atomic E-state index is 13.2. The zero-order valence-corrected chi connectivity index (χ0v) is 15.0. The van der Waals surface area contributed by atoms with E-state index >= 15 is 0 Å². The number of rotatable bonds is 5. The smallest absolute Gasteiger partial charge is 0.275 e. The number of carbonyl (C=O) groups excluding carboxylic acids is 1. The van der Waals surface area contributed by atoms with Crippen molar-refractivity contribution in [3.8, 4) is 5.75 Å². The Hall–Kier alpha value is -3.53. The average molecular weight is 356 g/mol. The second-order valence-electron chi connectivity index (χ2n) is 6.30. The number of methoxy groups -OCH3 is 1. The highest BCUT2D eigenvalue weighted by Crippen LogP contribution is 2.36. The molecule has 0 radical (unpaired) electrons. The minimum atomic E-state index is -0.207. The molecule has 1 heterocycles. The van der Waals surface area contributed by atoms with E-state index in [4.69, 9.17) is 4.74 Å². The molecule has 0 aliphatic carbocycles. The van der Waals surface area contributed by atoms with E-state index < -0.39 is 0 Å². The van der Waals surface area contributed by atoms with Crippen LogP contribution in [0.5, 0.6) is 5.75 Å². The van der Waals surface area contributed by atoms with Crippen molar-refractivity contribution in [2.75, 3.05) is 17.3 Å². The Morgan fingerprint density at radius 2 is 1.59 bits per heavy atom. The molecule has 27 heavy (non-hydrogen) atoms. The number of hydrogen-bond donors (Lipinski definition) is 1. The fourth-order valence-electron chi connectivity index (χ4n) is 3.27. The van der Waals surface area contributed by atoms with Crippen LogP contribution >= 0.6 is 0 Å². The Morgan fingerprint density at radius 3 is 2.30 bits per heavy atom. The maximum Gasteiger partial charge on any atom is 0.275 e. The molecule has 1 atom stereocenters. The van der Waals surface area contributed by atoms with Crippen molar-refractivity contribution in [2.45, 2.75) is 6.04 Å². The number of para-hydroxylation sites is 2. The molecule has 134 valence electrons. The number of nitrogens with one attached hydrogen (secondary N) is 1. The van der Waals surface area contributed by atoms with E-state index in [9.17, 15) is 4.79 Å². The normalized spacial score (nSPS) is 16.2. The fraction of sp³-hybridized carbons (Fsp3) is 0.0870. The minimum Gasteiger partial charge on any atom is -0.497 e. The molecule has 3 aromatic rings. The summed E-state index contributed by atoms with van der Waals surface area (Å²) >= 11 is 0. The molecule has 3 aromatic carbocycles. The van der Waals surface area contributed by atoms with E-state index in [2.05, 4.69) is 5.32 Å². The highest BCUT2D eigenvalue weighted by Gasteiger charge is 2.34. The third-order valence-corrected chi connectivity index (χ3v) is 4.57. The number of carbonyl (C=O) groups is 1. The van der Waals surface area contributed by atoms with Gasteiger partial charge in [-0.05, 0) is 48.0 Å². The van der Waals surface area contributed by atoms with Crippen molar-refractivity contribution in [1.29, 1.82) is 0 Å². The molecule has 0 unspecified atom stereocenters. The van der Waals surface area contributed by atoms with Crippen LogP contribution < -0.4 is 15.0 Å². The topological polar surface area (TPSA) is 41.6 Å². The van der Waals surface area contributed by atoms with Crippen LogP contribution in [0.4, 0.5) is 11.4 Å². The Labute approximate surface area is 158 Å². The van der Waals surface area contributed by atoms with E-state index in [0.29, 0.717) is 5.70 Å². The summed E-state index contributed by atoms with van der Waals surface area (Å²) < 4.78 is 5.36. The first kappa shape index (κ1) is 16.9. The van der Waals surface area contributed by atoms with Crippen LogP contribution in [0.25, 0.3) is 0 Å². The van der Waals surface area contributed by atoms with Gasteiger partial charge in [-0.3, -0.25) is 9.69 Å². The molecule has 0 saturated heterocycles. The van der Waals surface area contributed by atoms with Gasteiger partial charge in [-0.15, -0.1) is 0 Å². The van der Waals surface area contributed by atoms with Gasteiger partial charge in [-0.2, -0.15) is 0 Å². The molecular formula is C23H20N2O2. The van der Waals surface area contributed by atoms with Crippen molar-refractivity contribution in [2.24, 2.45) is 0 Å². The molecule has 1 amide bonds. The second kappa shape index (κ2) is 7.38. The summed E-state index contributed by atoms with van der Waals surface area (Å²) in [4.78, 5) is 15.0. The molecule has 0 saturated carbocycles. The van der Waals surface area contributed by atoms with Crippen LogP contribution in [0.2, 0.25) is 0 Å². The van der Waals surface area contributed by atoms with E-state index in [-0.39, 0.29) is 11.9 Å². The quantitative estimate of drug-likeness (QED) is 0.715. The molecule has 0 spiro atoms. The van der Waals surface area contributed by atoms with Crippen LogP contribution in [0.3, 0.4) is 0 Å².